The number of hydrogen-bond donors (Lipinski definition) is 8. The molecule has 58 heavy (non-hydrogen) atoms. The van der Waals surface area contributed by atoms with E-state index in [1.54, 1.807) is 13.0 Å². The van der Waals surface area contributed by atoms with Crippen molar-refractivity contribution in [3.05, 3.63) is 11.6 Å². The van der Waals surface area contributed by atoms with Crippen LogP contribution in [0.2, 0.25) is 0 Å². The topological polar surface area (TPSA) is 242 Å². The van der Waals surface area contributed by atoms with Crippen LogP contribution in [0, 0.1) is 50.7 Å². The van der Waals surface area contributed by atoms with Crippen LogP contribution in [0.1, 0.15) is 106 Å². The number of fused-ring (bicyclic) bond motifs is 2. The summed E-state index contributed by atoms with van der Waals surface area (Å²) in [6.07, 6.45) is -5.96. The lowest BCUT2D eigenvalue weighted by Gasteiger charge is -2.64. The van der Waals surface area contributed by atoms with Crippen molar-refractivity contribution in [3.8, 4) is 0 Å². The number of carboxylic acid groups (broad SMARTS) is 1. The van der Waals surface area contributed by atoms with E-state index in [-0.39, 0.29) is 53.3 Å². The van der Waals surface area contributed by atoms with Crippen LogP contribution in [0.4, 0.5) is 0 Å². The van der Waals surface area contributed by atoms with Gasteiger partial charge in [-0.05, 0) is 110 Å². The highest BCUT2D eigenvalue weighted by atomic mass is 16.7. The molecule has 5 aliphatic carbocycles. The first-order chi connectivity index (χ1) is 27.1. The third-order valence-corrected chi connectivity index (χ3v) is 17.3. The zero-order valence-corrected chi connectivity index (χ0v) is 35.0. The van der Waals surface area contributed by atoms with Crippen LogP contribution in [0.25, 0.3) is 0 Å². The number of esters is 1. The maximum absolute atomic E-state index is 12.4. The lowest BCUT2D eigenvalue weighted by molar-refractivity contribution is -0.359. The summed E-state index contributed by atoms with van der Waals surface area (Å²) < 4.78 is 29.3. The average molecular weight is 825 g/mol. The van der Waals surface area contributed by atoms with Crippen molar-refractivity contribution in [1.82, 2.24) is 0 Å². The molecule has 330 valence electrons. The van der Waals surface area contributed by atoms with Crippen molar-refractivity contribution in [2.24, 2.45) is 50.7 Å². The quantitative estimate of drug-likeness (QED) is 0.0845. The predicted molar refractivity (Wildman–Crippen MR) is 204 cm³/mol. The van der Waals surface area contributed by atoms with Crippen LogP contribution in [-0.2, 0) is 33.3 Å². The van der Waals surface area contributed by atoms with Gasteiger partial charge in [0.15, 0.2) is 12.6 Å². The highest BCUT2D eigenvalue weighted by molar-refractivity contribution is 5.85. The Balaban J connectivity index is 1.07. The summed E-state index contributed by atoms with van der Waals surface area (Å²) in [6, 6.07) is 0. The molecule has 0 amide bonds. The lowest BCUT2D eigenvalue weighted by atomic mass is 9.41. The number of aliphatic hydroxyl groups excluding tert-OH is 7. The number of aliphatic hydroxyl groups is 7. The van der Waals surface area contributed by atoms with E-state index in [1.807, 2.05) is 0 Å². The van der Waals surface area contributed by atoms with E-state index in [2.05, 4.69) is 34.6 Å². The second-order valence-corrected chi connectivity index (χ2v) is 20.3. The molecule has 0 aromatic rings. The van der Waals surface area contributed by atoms with Crippen LogP contribution in [-0.4, -0.2) is 140 Å². The van der Waals surface area contributed by atoms with Gasteiger partial charge in [-0.1, -0.05) is 40.7 Å². The smallest absolute Gasteiger partial charge is 0.330 e. The zero-order valence-electron chi connectivity index (χ0n) is 35.0. The largest absolute Gasteiger partial charge is 0.478 e. The minimum absolute atomic E-state index is 0.0280. The van der Waals surface area contributed by atoms with Gasteiger partial charge >= 0.3 is 11.9 Å². The molecular formula is C43H68O15. The third-order valence-electron chi connectivity index (χ3n) is 17.3. The van der Waals surface area contributed by atoms with E-state index in [1.165, 1.54) is 6.92 Å². The van der Waals surface area contributed by atoms with Crippen molar-refractivity contribution in [1.29, 1.82) is 0 Å². The van der Waals surface area contributed by atoms with Crippen molar-refractivity contribution in [3.63, 3.8) is 0 Å². The fourth-order valence-electron chi connectivity index (χ4n) is 14.3. The molecule has 7 rings (SSSR count). The summed E-state index contributed by atoms with van der Waals surface area (Å²) in [6.45, 7) is 13.1. The molecule has 0 radical (unpaired) electrons. The Morgan fingerprint density at radius 2 is 1.50 bits per heavy atom. The summed E-state index contributed by atoms with van der Waals surface area (Å²) in [5.74, 6) is -1.04. The van der Waals surface area contributed by atoms with E-state index in [9.17, 15) is 50.4 Å². The minimum Gasteiger partial charge on any atom is -0.478 e. The van der Waals surface area contributed by atoms with Crippen LogP contribution in [0.15, 0.2) is 11.6 Å². The average Bonchev–Trinajstić information content (AvgIpc) is 3.74. The summed E-state index contributed by atoms with van der Waals surface area (Å²) >= 11 is 0. The third kappa shape index (κ3) is 6.72. The Kier molecular flexibility index (Phi) is 11.9. The van der Waals surface area contributed by atoms with Crippen LogP contribution >= 0.6 is 0 Å². The van der Waals surface area contributed by atoms with Gasteiger partial charge < -0.3 is 64.5 Å². The Bertz CT molecular complexity index is 1590. The normalized spacial score (nSPS) is 51.4. The monoisotopic (exact) mass is 824 g/mol. The molecular weight excluding hydrogens is 756 g/mol. The first kappa shape index (κ1) is 44.3. The van der Waals surface area contributed by atoms with Crippen molar-refractivity contribution in [2.75, 3.05) is 13.2 Å². The molecule has 5 saturated carbocycles. The Hall–Kier alpha value is -1.76. The first-order valence-corrected chi connectivity index (χ1v) is 21.4. The van der Waals surface area contributed by atoms with Gasteiger partial charge in [0.05, 0.1) is 24.9 Å². The summed E-state index contributed by atoms with van der Waals surface area (Å²) in [7, 11) is 0. The van der Waals surface area contributed by atoms with Gasteiger partial charge in [-0.25, -0.2) is 4.79 Å². The SMILES string of the molecule is CC(=O)OCC1OC(O[C@@H]2CC[C@@]34C[C@@]35CC(O)[C@@]3(C)[C@H]([C@@H](C)CC/C=C(\C)C(=O)O)C(O)C[C@]3(C)C5CC[C@@H]4C2(C)C)C(O)C(O)C1OC1OCC(O)C(O)C1O. The molecule has 2 aliphatic heterocycles. The molecule has 0 aromatic heterocycles. The van der Waals surface area contributed by atoms with Gasteiger partial charge in [-0.3, -0.25) is 4.79 Å². The number of ether oxygens (including phenoxy) is 5. The number of hydrogen-bond acceptors (Lipinski definition) is 14. The molecule has 0 bridgehead atoms. The zero-order chi connectivity index (χ0) is 42.5. The molecule has 12 unspecified atom stereocenters. The summed E-state index contributed by atoms with van der Waals surface area (Å²) in [4.78, 5) is 23.2. The highest BCUT2D eigenvalue weighted by Crippen LogP contribution is 2.89. The molecule has 7 fully saturated rings. The predicted octanol–water partition coefficient (Wildman–Crippen LogP) is 2.03. The fourth-order valence-corrected chi connectivity index (χ4v) is 14.3. The Morgan fingerprint density at radius 1 is 0.828 bits per heavy atom. The van der Waals surface area contributed by atoms with Gasteiger partial charge in [-0.2, -0.15) is 0 Å². The van der Waals surface area contributed by atoms with E-state index in [0.717, 1.165) is 32.1 Å². The molecule has 2 saturated heterocycles. The lowest BCUT2D eigenvalue weighted by Crippen LogP contribution is -2.65. The molecule has 2 spiro atoms. The van der Waals surface area contributed by atoms with E-state index in [4.69, 9.17) is 23.7 Å². The molecule has 15 heteroatoms. The number of carbonyl (C=O) groups is 2. The molecule has 8 N–H and O–H groups in total. The molecule has 15 nitrogen and oxygen atoms in total. The van der Waals surface area contributed by atoms with Gasteiger partial charge in [0.2, 0.25) is 0 Å². The molecule has 20 atom stereocenters. The standard InChI is InChI=1S/C43H68O15/c1-20(9-8-10-21(2)36(52)53)30-23(45)15-40(6)27-12-11-26-39(4,5)29(13-14-42(26)19-43(27,42)16-28(47)41(30,40)7)57-38-34(51)32(49)35(25(56-38)18-54-22(3)44)58-37-33(50)31(48)24(46)17-55-37/h10,20,23-35,37-38,45-51H,8-9,11-19H2,1-7H3,(H,52,53)/b21-10+/t20-,23?,24?,25?,26+,27?,28?,29+,30+,31?,32?,33?,34?,35?,37?,38?,40+,41-,42-,43+/m0/s1. The highest BCUT2D eigenvalue weighted by Gasteiger charge is 2.84. The van der Waals surface area contributed by atoms with E-state index in [0.29, 0.717) is 37.2 Å². The Labute approximate surface area is 341 Å². The van der Waals surface area contributed by atoms with Crippen LogP contribution in [0.3, 0.4) is 0 Å². The summed E-state index contributed by atoms with van der Waals surface area (Å²) in [5.41, 5.74) is -1.02. The number of carbonyl (C=O) groups excluding carboxylic acids is 1. The van der Waals surface area contributed by atoms with E-state index >= 15 is 0 Å². The van der Waals surface area contributed by atoms with Gasteiger partial charge in [0.25, 0.3) is 0 Å². The molecule has 0 aromatic carbocycles. The maximum Gasteiger partial charge on any atom is 0.330 e. The summed E-state index contributed by atoms with van der Waals surface area (Å²) in [5, 5.41) is 87.0. The van der Waals surface area contributed by atoms with Crippen LogP contribution in [0.5, 0.6) is 0 Å². The number of carboxylic acids is 1. The first-order valence-electron chi connectivity index (χ1n) is 21.4. The number of rotatable bonds is 11. The van der Waals surface area contributed by atoms with Gasteiger partial charge in [0, 0.05) is 17.9 Å². The molecule has 2 heterocycles. The number of aliphatic carboxylic acids is 1. The van der Waals surface area contributed by atoms with Gasteiger partial charge in [0.1, 0.15) is 49.3 Å². The van der Waals surface area contributed by atoms with Crippen molar-refractivity contribution >= 4 is 11.9 Å². The van der Waals surface area contributed by atoms with E-state index < -0.39 is 90.3 Å². The van der Waals surface area contributed by atoms with Gasteiger partial charge in [-0.15, -0.1) is 0 Å². The second-order valence-electron chi connectivity index (χ2n) is 20.3. The number of allylic oxidation sites excluding steroid dienone is 1. The molecule has 7 aliphatic rings. The maximum atomic E-state index is 12.4. The van der Waals surface area contributed by atoms with Crippen molar-refractivity contribution < 1.29 is 74.1 Å². The van der Waals surface area contributed by atoms with Crippen LogP contribution < -0.4 is 0 Å². The second kappa shape index (κ2) is 15.5. The minimum atomic E-state index is -1.66. The Morgan fingerprint density at radius 3 is 2.17 bits per heavy atom. The van der Waals surface area contributed by atoms with Crippen molar-refractivity contribution in [2.45, 2.75) is 180 Å². The fraction of sp³-hybridized carbons (Fsp3) is 0.907.